The predicted molar refractivity (Wildman–Crippen MR) is 49.9 cm³/mol. The fourth-order valence-corrected chi connectivity index (χ4v) is 1.71. The van der Waals surface area contributed by atoms with Crippen LogP contribution in [-0.4, -0.2) is 8.96 Å². The molecule has 0 unspecified atom stereocenters. The topological polar surface area (TPSA) is 17.8 Å². The molecule has 0 spiro atoms. The van der Waals surface area contributed by atoms with Crippen molar-refractivity contribution in [2.75, 3.05) is 0 Å². The van der Waals surface area contributed by atoms with E-state index in [0.29, 0.717) is 0 Å². The summed E-state index contributed by atoms with van der Waals surface area (Å²) in [6.07, 6.45) is 5.18. The molecule has 1 aromatic heterocycles. The van der Waals surface area contributed by atoms with Gasteiger partial charge in [0.05, 0.1) is 0 Å². The molecule has 0 aliphatic carbocycles. The van der Waals surface area contributed by atoms with Gasteiger partial charge in [-0.05, 0) is 30.1 Å². The van der Waals surface area contributed by atoms with E-state index in [2.05, 4.69) is 4.98 Å². The van der Waals surface area contributed by atoms with Crippen LogP contribution in [0.25, 0.3) is 0 Å². The van der Waals surface area contributed by atoms with E-state index in [0.717, 1.165) is 4.90 Å². The van der Waals surface area contributed by atoms with Crippen LogP contribution in [0.15, 0.2) is 47.9 Å². The molecule has 0 fully saturated rings. The molecule has 66 valence electrons. The van der Waals surface area contributed by atoms with Crippen molar-refractivity contribution in [1.29, 1.82) is 0 Å². The van der Waals surface area contributed by atoms with E-state index in [-0.39, 0.29) is 5.82 Å². The molecule has 2 aromatic rings. The van der Waals surface area contributed by atoms with Crippen molar-refractivity contribution in [1.82, 2.24) is 8.96 Å². The van der Waals surface area contributed by atoms with Gasteiger partial charge in [-0.3, -0.25) is 3.97 Å². The minimum atomic E-state index is -0.217. The second kappa shape index (κ2) is 3.62. The summed E-state index contributed by atoms with van der Waals surface area (Å²) in [6.45, 7) is 0. The molecule has 2 rings (SSSR count). The lowest BCUT2D eigenvalue weighted by Crippen LogP contribution is -1.82. The summed E-state index contributed by atoms with van der Waals surface area (Å²) < 4.78 is 14.6. The molecule has 0 saturated carbocycles. The highest BCUT2D eigenvalue weighted by Gasteiger charge is 1.96. The Hall–Kier alpha value is -1.29. The number of hydrogen-bond acceptors (Lipinski definition) is 2. The first-order valence-corrected chi connectivity index (χ1v) is 4.54. The Balaban J connectivity index is 2.19. The minimum Gasteiger partial charge on any atom is -0.276 e. The number of imidazole rings is 1. The highest BCUT2D eigenvalue weighted by molar-refractivity contribution is 7.97. The molecule has 0 radical (unpaired) electrons. The first-order chi connectivity index (χ1) is 6.34. The molecule has 1 aromatic carbocycles. The average molecular weight is 194 g/mol. The van der Waals surface area contributed by atoms with Crippen LogP contribution in [0.5, 0.6) is 0 Å². The van der Waals surface area contributed by atoms with Crippen molar-refractivity contribution in [2.45, 2.75) is 4.90 Å². The monoisotopic (exact) mass is 194 g/mol. The maximum absolute atomic E-state index is 12.8. The maximum Gasteiger partial charge on any atom is 0.124 e. The first-order valence-electron chi connectivity index (χ1n) is 3.76. The summed E-state index contributed by atoms with van der Waals surface area (Å²) in [7, 11) is 0. The smallest absolute Gasteiger partial charge is 0.124 e. The standard InChI is InChI=1S/C9H7FN2S/c10-8-2-1-3-9(6-8)13-12-5-4-11-7-12/h1-7H. The van der Waals surface area contributed by atoms with E-state index in [1.54, 1.807) is 18.6 Å². The van der Waals surface area contributed by atoms with Crippen molar-refractivity contribution in [2.24, 2.45) is 0 Å². The highest BCUT2D eigenvalue weighted by atomic mass is 32.2. The summed E-state index contributed by atoms with van der Waals surface area (Å²) in [6, 6.07) is 6.46. The van der Waals surface area contributed by atoms with Crippen molar-refractivity contribution in [3.05, 3.63) is 48.8 Å². The van der Waals surface area contributed by atoms with Crippen LogP contribution in [0.3, 0.4) is 0 Å². The Kier molecular flexibility index (Phi) is 2.31. The van der Waals surface area contributed by atoms with E-state index in [1.165, 1.54) is 24.1 Å². The average Bonchev–Trinajstić information content (AvgIpc) is 2.57. The zero-order chi connectivity index (χ0) is 9.10. The van der Waals surface area contributed by atoms with Crippen LogP contribution in [-0.2, 0) is 0 Å². The lowest BCUT2D eigenvalue weighted by atomic mass is 10.4. The molecule has 0 N–H and O–H groups in total. The molecule has 4 heteroatoms. The minimum absolute atomic E-state index is 0.217. The molecule has 0 saturated heterocycles. The van der Waals surface area contributed by atoms with Gasteiger partial charge in [0.2, 0.25) is 0 Å². The molecule has 0 aliphatic heterocycles. The van der Waals surface area contributed by atoms with E-state index in [4.69, 9.17) is 0 Å². The Bertz CT molecular complexity index is 386. The van der Waals surface area contributed by atoms with Gasteiger partial charge in [0.25, 0.3) is 0 Å². The van der Waals surface area contributed by atoms with Crippen molar-refractivity contribution >= 4 is 11.9 Å². The normalized spacial score (nSPS) is 10.2. The van der Waals surface area contributed by atoms with Crippen LogP contribution in [0.1, 0.15) is 0 Å². The van der Waals surface area contributed by atoms with Gasteiger partial charge < -0.3 is 0 Å². The Morgan fingerprint density at radius 3 is 3.00 bits per heavy atom. The zero-order valence-corrected chi connectivity index (χ0v) is 7.54. The third kappa shape index (κ3) is 2.09. The molecule has 0 bridgehead atoms. The van der Waals surface area contributed by atoms with E-state index >= 15 is 0 Å². The van der Waals surface area contributed by atoms with Crippen molar-refractivity contribution < 1.29 is 4.39 Å². The number of rotatable bonds is 2. The molecule has 0 aliphatic rings. The van der Waals surface area contributed by atoms with Gasteiger partial charge in [-0.2, -0.15) is 0 Å². The summed E-state index contributed by atoms with van der Waals surface area (Å²) >= 11 is 1.42. The predicted octanol–water partition coefficient (Wildman–Crippen LogP) is 2.58. The molecule has 13 heavy (non-hydrogen) atoms. The van der Waals surface area contributed by atoms with E-state index in [1.807, 2.05) is 16.2 Å². The van der Waals surface area contributed by atoms with Gasteiger partial charge in [-0.25, -0.2) is 9.37 Å². The zero-order valence-electron chi connectivity index (χ0n) is 6.72. The number of benzene rings is 1. The second-order valence-corrected chi connectivity index (χ2v) is 3.55. The molecule has 2 nitrogen and oxygen atoms in total. The molecular weight excluding hydrogens is 187 g/mol. The third-order valence-electron chi connectivity index (χ3n) is 1.49. The number of hydrogen-bond donors (Lipinski definition) is 0. The fraction of sp³-hybridized carbons (Fsp3) is 0. The Labute approximate surface area is 79.6 Å². The van der Waals surface area contributed by atoms with Gasteiger partial charge >= 0.3 is 0 Å². The molecule has 0 atom stereocenters. The molecular formula is C9H7FN2S. The first kappa shape index (κ1) is 8.31. The Morgan fingerprint density at radius 1 is 1.38 bits per heavy atom. The van der Waals surface area contributed by atoms with Gasteiger partial charge in [0, 0.05) is 17.3 Å². The number of halogens is 1. The maximum atomic E-state index is 12.8. The summed E-state index contributed by atoms with van der Waals surface area (Å²) in [5, 5.41) is 0. The third-order valence-corrected chi connectivity index (χ3v) is 2.38. The second-order valence-electron chi connectivity index (χ2n) is 2.47. The quantitative estimate of drug-likeness (QED) is 0.731. The summed E-state index contributed by atoms with van der Waals surface area (Å²) in [5.41, 5.74) is 0. The van der Waals surface area contributed by atoms with Gasteiger partial charge in [0.1, 0.15) is 12.1 Å². The largest absolute Gasteiger partial charge is 0.276 e. The number of nitrogens with zero attached hydrogens (tertiary/aromatic N) is 2. The Morgan fingerprint density at radius 2 is 2.31 bits per heavy atom. The lowest BCUT2D eigenvalue weighted by Gasteiger charge is -1.99. The van der Waals surface area contributed by atoms with E-state index < -0.39 is 0 Å². The molecule has 0 amide bonds. The lowest BCUT2D eigenvalue weighted by molar-refractivity contribution is 0.624. The van der Waals surface area contributed by atoms with Crippen LogP contribution < -0.4 is 0 Å². The van der Waals surface area contributed by atoms with Crippen molar-refractivity contribution in [3.8, 4) is 0 Å². The fourth-order valence-electron chi connectivity index (χ4n) is 0.946. The van der Waals surface area contributed by atoms with Crippen LogP contribution in [0.2, 0.25) is 0 Å². The van der Waals surface area contributed by atoms with Gasteiger partial charge in [-0.1, -0.05) is 6.07 Å². The van der Waals surface area contributed by atoms with Crippen LogP contribution in [0, 0.1) is 5.82 Å². The number of aromatic nitrogens is 2. The SMILES string of the molecule is Fc1cccc(Sn2ccnc2)c1. The highest BCUT2D eigenvalue weighted by Crippen LogP contribution is 2.19. The summed E-state index contributed by atoms with van der Waals surface area (Å²) in [5.74, 6) is -0.217. The van der Waals surface area contributed by atoms with E-state index in [9.17, 15) is 4.39 Å². The van der Waals surface area contributed by atoms with Crippen LogP contribution in [0.4, 0.5) is 4.39 Å². The van der Waals surface area contributed by atoms with Crippen molar-refractivity contribution in [3.63, 3.8) is 0 Å². The summed E-state index contributed by atoms with van der Waals surface area (Å²) in [4.78, 5) is 4.75. The molecule has 1 heterocycles. The van der Waals surface area contributed by atoms with Gasteiger partial charge in [0.15, 0.2) is 0 Å². The van der Waals surface area contributed by atoms with Gasteiger partial charge in [-0.15, -0.1) is 0 Å². The van der Waals surface area contributed by atoms with Crippen LogP contribution >= 0.6 is 11.9 Å².